The van der Waals surface area contributed by atoms with E-state index in [1.165, 1.54) is 19.1 Å². The van der Waals surface area contributed by atoms with Crippen LogP contribution in [0, 0.1) is 18.3 Å². The van der Waals surface area contributed by atoms with Crippen LogP contribution in [-0.2, 0) is 19.1 Å². The molecule has 11 heteroatoms. The van der Waals surface area contributed by atoms with E-state index < -0.39 is 24.1 Å². The molecule has 5 rings (SSSR count). The van der Waals surface area contributed by atoms with Crippen LogP contribution >= 0.6 is 11.6 Å². The van der Waals surface area contributed by atoms with Gasteiger partial charge >= 0.3 is 5.97 Å². The van der Waals surface area contributed by atoms with Crippen molar-refractivity contribution in [3.8, 4) is 17.2 Å². The van der Waals surface area contributed by atoms with Gasteiger partial charge in [0.05, 0.1) is 43.3 Å². The summed E-state index contributed by atoms with van der Waals surface area (Å²) in [6.45, 7) is 8.88. The first-order valence-electron chi connectivity index (χ1n) is 14.5. The van der Waals surface area contributed by atoms with Crippen molar-refractivity contribution in [1.82, 2.24) is 4.90 Å². The van der Waals surface area contributed by atoms with Crippen LogP contribution in [0.4, 0.5) is 5.69 Å². The van der Waals surface area contributed by atoms with Gasteiger partial charge in [-0.05, 0) is 42.9 Å². The molecule has 0 aromatic heterocycles. The summed E-state index contributed by atoms with van der Waals surface area (Å²) >= 11 is 6.92. The zero-order valence-electron chi connectivity index (χ0n) is 25.4. The quantitative estimate of drug-likeness (QED) is 0.483. The molecular formula is C32H39ClN2O8. The van der Waals surface area contributed by atoms with Gasteiger partial charge in [-0.1, -0.05) is 44.5 Å². The van der Waals surface area contributed by atoms with Crippen molar-refractivity contribution in [2.75, 3.05) is 38.8 Å². The molecular weight excluding hydrogens is 576 g/mol. The lowest BCUT2D eigenvalue weighted by Gasteiger charge is -2.44. The van der Waals surface area contributed by atoms with Crippen molar-refractivity contribution < 1.29 is 38.4 Å². The Morgan fingerprint density at radius 2 is 1.88 bits per heavy atom. The molecule has 1 N–H and O–H groups in total. The number of carbonyl (C=O) groups is 3. The first-order valence-corrected chi connectivity index (χ1v) is 14.9. The minimum absolute atomic E-state index is 0.103. The van der Waals surface area contributed by atoms with Crippen LogP contribution in [-0.4, -0.2) is 73.9 Å². The molecule has 0 radical (unpaired) electrons. The van der Waals surface area contributed by atoms with E-state index in [9.17, 15) is 19.5 Å². The third kappa shape index (κ3) is 5.74. The summed E-state index contributed by atoms with van der Waals surface area (Å²) < 4.78 is 24.0. The Bertz CT molecular complexity index is 1440. The number of methoxy groups -OCH3 is 2. The van der Waals surface area contributed by atoms with Crippen molar-refractivity contribution in [1.29, 1.82) is 0 Å². The van der Waals surface area contributed by atoms with E-state index in [-0.39, 0.29) is 47.9 Å². The van der Waals surface area contributed by atoms with Crippen LogP contribution in [0.1, 0.15) is 62.8 Å². The minimum atomic E-state index is -1.17. The van der Waals surface area contributed by atoms with Crippen molar-refractivity contribution in [3.63, 3.8) is 0 Å². The number of aryl methyl sites for hydroxylation is 1. The predicted molar refractivity (Wildman–Crippen MR) is 160 cm³/mol. The summed E-state index contributed by atoms with van der Waals surface area (Å²) in [6.07, 6.45) is -1.19. The van der Waals surface area contributed by atoms with Crippen LogP contribution in [0.25, 0.3) is 0 Å². The number of anilines is 1. The van der Waals surface area contributed by atoms with E-state index in [2.05, 4.69) is 0 Å². The second-order valence-electron chi connectivity index (χ2n) is 12.5. The van der Waals surface area contributed by atoms with Crippen molar-refractivity contribution in [2.45, 2.75) is 65.2 Å². The first kappa shape index (κ1) is 30.9. The molecule has 3 heterocycles. The lowest BCUT2D eigenvalue weighted by molar-refractivity contribution is -0.149. The van der Waals surface area contributed by atoms with Gasteiger partial charge in [-0.15, -0.1) is 0 Å². The number of rotatable bonds is 6. The number of hydrogen-bond acceptors (Lipinski definition) is 7. The Kier molecular flexibility index (Phi) is 8.55. The topological polar surface area (TPSA) is 115 Å². The Morgan fingerprint density at radius 1 is 1.14 bits per heavy atom. The summed E-state index contributed by atoms with van der Waals surface area (Å²) in [6, 6.07) is 7.01. The summed E-state index contributed by atoms with van der Waals surface area (Å²) in [7, 11) is 3.01. The van der Waals surface area contributed by atoms with Crippen LogP contribution in [0.5, 0.6) is 17.2 Å². The molecule has 0 spiro atoms. The third-order valence-electron chi connectivity index (χ3n) is 8.57. The summed E-state index contributed by atoms with van der Waals surface area (Å²) in [5.74, 6) is -0.929. The maximum Gasteiger partial charge on any atom is 0.308 e. The maximum atomic E-state index is 14.5. The Labute approximate surface area is 256 Å². The van der Waals surface area contributed by atoms with E-state index in [1.807, 2.05) is 39.8 Å². The molecule has 3 aliphatic rings. The van der Waals surface area contributed by atoms with Crippen LogP contribution in [0.15, 0.2) is 24.3 Å². The highest BCUT2D eigenvalue weighted by molar-refractivity contribution is 6.33. The monoisotopic (exact) mass is 614 g/mol. The number of hydrogen-bond donors (Lipinski definition) is 1. The zero-order valence-corrected chi connectivity index (χ0v) is 26.2. The van der Waals surface area contributed by atoms with Crippen LogP contribution in [0.3, 0.4) is 0 Å². The number of likely N-dealkylation sites (tertiary alicyclic amines) is 1. The number of halogens is 1. The molecule has 2 aromatic rings. The van der Waals surface area contributed by atoms with Gasteiger partial charge in [0, 0.05) is 24.2 Å². The van der Waals surface area contributed by atoms with Gasteiger partial charge in [-0.3, -0.25) is 19.3 Å². The lowest BCUT2D eigenvalue weighted by atomic mass is 9.84. The van der Waals surface area contributed by atoms with Crippen molar-refractivity contribution in [2.24, 2.45) is 11.3 Å². The molecule has 1 fully saturated rings. The largest absolute Gasteiger partial charge is 0.493 e. The summed E-state index contributed by atoms with van der Waals surface area (Å²) in [5.41, 5.74) is 2.36. The molecule has 2 aromatic carbocycles. The molecule has 1 saturated heterocycles. The van der Waals surface area contributed by atoms with E-state index >= 15 is 0 Å². The van der Waals surface area contributed by atoms with E-state index in [4.69, 9.17) is 30.5 Å². The summed E-state index contributed by atoms with van der Waals surface area (Å²) in [5, 5.41) is 9.83. The molecule has 0 saturated carbocycles. The molecule has 3 aliphatic heterocycles. The van der Waals surface area contributed by atoms with Gasteiger partial charge in [-0.25, -0.2) is 0 Å². The number of carboxylic acid groups (broad SMARTS) is 1. The van der Waals surface area contributed by atoms with E-state index in [0.29, 0.717) is 53.4 Å². The predicted octanol–water partition coefficient (Wildman–Crippen LogP) is 5.01. The fraction of sp³-hybridized carbons (Fsp3) is 0.531. The Balaban J connectivity index is 1.64. The van der Waals surface area contributed by atoms with Gasteiger partial charge in [0.25, 0.3) is 5.91 Å². The fourth-order valence-corrected chi connectivity index (χ4v) is 6.60. The second kappa shape index (κ2) is 11.9. The smallest absolute Gasteiger partial charge is 0.308 e. The molecule has 0 bridgehead atoms. The van der Waals surface area contributed by atoms with Crippen molar-refractivity contribution >= 4 is 35.1 Å². The van der Waals surface area contributed by atoms with E-state index in [0.717, 1.165) is 5.56 Å². The fourth-order valence-electron chi connectivity index (χ4n) is 6.27. The molecule has 2 amide bonds. The molecule has 232 valence electrons. The Hall–Kier alpha value is -3.50. The minimum Gasteiger partial charge on any atom is -0.493 e. The molecule has 4 atom stereocenters. The maximum absolute atomic E-state index is 14.5. The Morgan fingerprint density at radius 3 is 2.53 bits per heavy atom. The number of carbonyl (C=O) groups excluding carboxylic acids is 2. The highest BCUT2D eigenvalue weighted by Gasteiger charge is 2.48. The SMILES string of the molecule is COc1ccc([C@H]2O[C@H](CC(=O)N3CCCC(C(=O)O)C3)C(=O)N3c4c(cc(C)cc42)OC[C@H]3C(C)(C)C)c(Cl)c1OC. The van der Waals surface area contributed by atoms with Gasteiger partial charge < -0.3 is 29.0 Å². The van der Waals surface area contributed by atoms with Crippen LogP contribution < -0.4 is 19.1 Å². The number of ether oxygens (including phenoxy) is 4. The number of amides is 2. The van der Waals surface area contributed by atoms with E-state index in [1.54, 1.807) is 17.0 Å². The average molecular weight is 615 g/mol. The number of piperidine rings is 1. The highest BCUT2D eigenvalue weighted by atomic mass is 35.5. The molecule has 10 nitrogen and oxygen atoms in total. The van der Waals surface area contributed by atoms with Gasteiger partial charge in [0.15, 0.2) is 11.5 Å². The number of carboxylic acids is 1. The first-order chi connectivity index (χ1) is 20.3. The lowest BCUT2D eigenvalue weighted by Crippen LogP contribution is -2.56. The molecule has 0 aliphatic carbocycles. The number of aliphatic carboxylic acids is 1. The zero-order chi connectivity index (χ0) is 31.2. The van der Waals surface area contributed by atoms with Gasteiger partial charge in [0.2, 0.25) is 5.91 Å². The summed E-state index contributed by atoms with van der Waals surface area (Å²) in [4.78, 5) is 43.2. The molecule has 43 heavy (non-hydrogen) atoms. The van der Waals surface area contributed by atoms with Crippen LogP contribution in [0.2, 0.25) is 5.02 Å². The van der Waals surface area contributed by atoms with Crippen molar-refractivity contribution in [3.05, 3.63) is 46.0 Å². The average Bonchev–Trinajstić information content (AvgIpc) is 3.07. The number of nitrogens with zero attached hydrogens (tertiary/aromatic N) is 2. The number of benzene rings is 2. The highest BCUT2D eigenvalue weighted by Crippen LogP contribution is 2.51. The standard InChI is InChI=1S/C32H39ClN2O8/c1-17-12-20-27-22(13-17)42-16-24(32(2,3)4)35(27)30(37)23(14-25(36)34-11-7-8-18(15-34)31(38)39)43-28(20)19-9-10-21(40-5)29(41-6)26(19)33/h9-10,12-13,18,23-24,28H,7-8,11,14-16H2,1-6H3,(H,38,39)/t18?,23-,24+,28-/m1/s1. The van der Waals surface area contributed by atoms with Gasteiger partial charge in [-0.2, -0.15) is 0 Å². The van der Waals surface area contributed by atoms with Gasteiger partial charge in [0.1, 0.15) is 24.6 Å². The normalized spacial score (nSPS) is 23.7. The molecule has 1 unspecified atom stereocenters. The second-order valence-corrected chi connectivity index (χ2v) is 12.9. The third-order valence-corrected chi connectivity index (χ3v) is 8.96.